The highest BCUT2D eigenvalue weighted by atomic mass is 32.1. The van der Waals surface area contributed by atoms with Crippen LogP contribution in [0, 0.1) is 5.41 Å². The number of aliphatic hydroxyl groups is 1. The van der Waals surface area contributed by atoms with E-state index in [1.54, 1.807) is 18.2 Å². The molecule has 1 aromatic rings. The summed E-state index contributed by atoms with van der Waals surface area (Å²) >= 11 is 4.14. The first-order valence-corrected chi connectivity index (χ1v) is 3.83. The van der Waals surface area contributed by atoms with E-state index in [-0.39, 0.29) is 11.5 Å². The van der Waals surface area contributed by atoms with E-state index in [4.69, 9.17) is 10.5 Å². The molecule has 0 saturated carbocycles. The molecular weight excluding hydrogens is 170 g/mol. The van der Waals surface area contributed by atoms with E-state index in [1.165, 1.54) is 0 Å². The van der Waals surface area contributed by atoms with E-state index in [9.17, 15) is 0 Å². The predicted octanol–water partition coefficient (Wildman–Crippen LogP) is 2.41. The van der Waals surface area contributed by atoms with Crippen LogP contribution in [0.4, 0.5) is 0 Å². The second-order valence-corrected chi connectivity index (χ2v) is 2.82. The third-order valence-corrected chi connectivity index (χ3v) is 1.85. The molecule has 0 fully saturated rings. The number of thiol groups is 1. The van der Waals surface area contributed by atoms with Crippen molar-refractivity contribution >= 4 is 18.3 Å². The average Bonchev–Trinajstić information content (AvgIpc) is 2.04. The van der Waals surface area contributed by atoms with Crippen LogP contribution in [0.1, 0.15) is 5.56 Å². The van der Waals surface area contributed by atoms with Gasteiger partial charge < -0.3 is 5.11 Å². The Kier molecular flexibility index (Phi) is 2.55. The van der Waals surface area contributed by atoms with E-state index in [1.807, 2.05) is 6.07 Å². The number of hydrogen-bond acceptors (Lipinski definition) is 3. The molecule has 0 heterocycles. The van der Waals surface area contributed by atoms with Gasteiger partial charge in [0.2, 0.25) is 0 Å². The van der Waals surface area contributed by atoms with Crippen LogP contribution in [0.5, 0.6) is 0 Å². The van der Waals surface area contributed by atoms with Crippen LogP contribution >= 0.6 is 12.6 Å². The van der Waals surface area contributed by atoms with Crippen molar-refractivity contribution in [2.24, 2.45) is 0 Å². The minimum Gasteiger partial charge on any atom is -0.506 e. The van der Waals surface area contributed by atoms with Gasteiger partial charge >= 0.3 is 0 Å². The lowest BCUT2D eigenvalue weighted by Crippen LogP contribution is -2.02. The van der Waals surface area contributed by atoms with E-state index < -0.39 is 0 Å². The molecule has 12 heavy (non-hydrogen) atoms. The molecule has 2 nitrogen and oxygen atoms in total. The molecule has 0 radical (unpaired) electrons. The van der Waals surface area contributed by atoms with Crippen molar-refractivity contribution in [1.29, 1.82) is 5.41 Å². The normalized spacial score (nSPS) is 9.42. The molecule has 62 valence electrons. The van der Waals surface area contributed by atoms with Gasteiger partial charge in [-0.1, -0.05) is 24.8 Å². The third-order valence-electron chi connectivity index (χ3n) is 1.46. The van der Waals surface area contributed by atoms with Crippen molar-refractivity contribution in [1.82, 2.24) is 0 Å². The zero-order chi connectivity index (χ0) is 9.14. The Morgan fingerprint density at radius 3 is 2.50 bits per heavy atom. The number of rotatable bonds is 2. The van der Waals surface area contributed by atoms with Crippen LogP contribution in [0.2, 0.25) is 0 Å². The molecule has 2 N–H and O–H groups in total. The van der Waals surface area contributed by atoms with Gasteiger partial charge in [-0.25, -0.2) is 0 Å². The number of allylic oxidation sites excluding steroid dienone is 1. The van der Waals surface area contributed by atoms with Gasteiger partial charge in [0.15, 0.2) is 0 Å². The SMILES string of the molecule is C=C(O)C(=N)c1ccccc1S. The number of nitrogens with one attached hydrogen (secondary N) is 1. The Bertz CT molecular complexity index is 333. The number of hydrogen-bond donors (Lipinski definition) is 3. The van der Waals surface area contributed by atoms with Crippen LogP contribution in [0.15, 0.2) is 41.5 Å². The first-order chi connectivity index (χ1) is 5.63. The molecule has 0 bridgehead atoms. The Morgan fingerprint density at radius 1 is 1.42 bits per heavy atom. The van der Waals surface area contributed by atoms with Gasteiger partial charge in [-0.2, -0.15) is 0 Å². The standard InChI is InChI=1S/C9H9NOS/c1-6(11)9(10)7-4-2-3-5-8(7)12/h2-5,10-12H,1H2. The maximum Gasteiger partial charge on any atom is 0.133 e. The van der Waals surface area contributed by atoms with Crippen molar-refractivity contribution in [3.63, 3.8) is 0 Å². The highest BCUT2D eigenvalue weighted by Crippen LogP contribution is 2.15. The summed E-state index contributed by atoms with van der Waals surface area (Å²) in [6, 6.07) is 7.08. The lowest BCUT2D eigenvalue weighted by atomic mass is 10.1. The summed E-state index contributed by atoms with van der Waals surface area (Å²) in [7, 11) is 0. The van der Waals surface area contributed by atoms with Crippen molar-refractivity contribution in [3.8, 4) is 0 Å². The maximum atomic E-state index is 8.95. The second kappa shape index (κ2) is 3.45. The van der Waals surface area contributed by atoms with Crippen LogP contribution < -0.4 is 0 Å². The molecule has 1 aromatic carbocycles. The zero-order valence-corrected chi connectivity index (χ0v) is 7.31. The van der Waals surface area contributed by atoms with Gasteiger partial charge in [-0.15, -0.1) is 12.6 Å². The molecule has 0 aromatic heterocycles. The summed E-state index contributed by atoms with van der Waals surface area (Å²) in [6.45, 7) is 3.27. The molecule has 0 unspecified atom stereocenters. The quantitative estimate of drug-likeness (QED) is 0.364. The number of aliphatic hydroxyl groups excluding tert-OH is 1. The molecule has 3 heteroatoms. The van der Waals surface area contributed by atoms with Crippen molar-refractivity contribution in [3.05, 3.63) is 42.2 Å². The van der Waals surface area contributed by atoms with Gasteiger partial charge in [0.25, 0.3) is 0 Å². The fraction of sp³-hybridized carbons (Fsp3) is 0. The Balaban J connectivity index is 3.11. The van der Waals surface area contributed by atoms with Crippen LogP contribution in [-0.2, 0) is 0 Å². The summed E-state index contributed by atoms with van der Waals surface area (Å²) in [5.74, 6) is -0.239. The molecule has 0 spiro atoms. The molecule has 0 aliphatic rings. The Morgan fingerprint density at radius 2 is 2.00 bits per heavy atom. The Labute approximate surface area is 76.5 Å². The first kappa shape index (κ1) is 8.87. The average molecular weight is 179 g/mol. The first-order valence-electron chi connectivity index (χ1n) is 3.38. The number of benzene rings is 1. The van der Waals surface area contributed by atoms with E-state index in [0.717, 1.165) is 0 Å². The van der Waals surface area contributed by atoms with E-state index in [0.29, 0.717) is 10.5 Å². The zero-order valence-electron chi connectivity index (χ0n) is 6.41. The largest absolute Gasteiger partial charge is 0.506 e. The van der Waals surface area contributed by atoms with E-state index in [2.05, 4.69) is 19.2 Å². The fourth-order valence-corrected chi connectivity index (χ4v) is 1.11. The van der Waals surface area contributed by atoms with Crippen molar-refractivity contribution in [2.75, 3.05) is 0 Å². The molecule has 0 atom stereocenters. The van der Waals surface area contributed by atoms with Crippen molar-refractivity contribution < 1.29 is 5.11 Å². The third kappa shape index (κ3) is 1.68. The van der Waals surface area contributed by atoms with Gasteiger partial charge in [-0.3, -0.25) is 5.41 Å². The molecule has 1 rings (SSSR count). The lowest BCUT2D eigenvalue weighted by Gasteiger charge is -2.03. The fourth-order valence-electron chi connectivity index (χ4n) is 0.840. The van der Waals surface area contributed by atoms with Crippen LogP contribution in [0.3, 0.4) is 0 Å². The predicted molar refractivity (Wildman–Crippen MR) is 52.3 cm³/mol. The highest BCUT2D eigenvalue weighted by molar-refractivity contribution is 7.80. The smallest absolute Gasteiger partial charge is 0.133 e. The summed E-state index contributed by atoms with van der Waals surface area (Å²) < 4.78 is 0. The Hall–Kier alpha value is -1.22. The summed E-state index contributed by atoms with van der Waals surface area (Å²) in [6.07, 6.45) is 0. The highest BCUT2D eigenvalue weighted by Gasteiger charge is 2.06. The van der Waals surface area contributed by atoms with E-state index >= 15 is 0 Å². The minimum absolute atomic E-state index is 0.0144. The summed E-state index contributed by atoms with van der Waals surface area (Å²) in [4.78, 5) is 0.665. The summed E-state index contributed by atoms with van der Waals surface area (Å²) in [5.41, 5.74) is 0.605. The monoisotopic (exact) mass is 179 g/mol. The van der Waals surface area contributed by atoms with Crippen LogP contribution in [0.25, 0.3) is 0 Å². The second-order valence-electron chi connectivity index (χ2n) is 2.34. The van der Waals surface area contributed by atoms with Gasteiger partial charge in [-0.05, 0) is 6.07 Å². The van der Waals surface area contributed by atoms with Gasteiger partial charge in [0.1, 0.15) is 11.5 Å². The summed E-state index contributed by atoms with van der Waals surface area (Å²) in [5, 5.41) is 16.4. The lowest BCUT2D eigenvalue weighted by molar-refractivity contribution is 0.445. The molecular formula is C9H9NOS. The molecule has 0 saturated heterocycles. The van der Waals surface area contributed by atoms with Crippen LogP contribution in [-0.4, -0.2) is 10.8 Å². The topological polar surface area (TPSA) is 44.1 Å². The van der Waals surface area contributed by atoms with Crippen molar-refractivity contribution in [2.45, 2.75) is 4.90 Å². The minimum atomic E-state index is -0.239. The molecule has 0 amide bonds. The van der Waals surface area contributed by atoms with Gasteiger partial charge in [0.05, 0.1) is 0 Å². The maximum absolute atomic E-state index is 8.95. The molecule has 0 aliphatic heterocycles. The van der Waals surface area contributed by atoms with Gasteiger partial charge in [0, 0.05) is 10.5 Å². The molecule has 0 aliphatic carbocycles.